The quantitative estimate of drug-likeness (QED) is 0.0992. The minimum Gasteiger partial charge on any atom is -0.545 e. The molecule has 1 nitrogen and oxygen atoms in total. The molecule has 0 N–H and O–H groups in total. The third-order valence-corrected chi connectivity index (χ3v) is 18.9. The SMILES string of the molecule is [CH3][Al]([CH3])[O][Si](Cc1c(-c2ccccc2)cccc1-c1ccccc1)(Cc1c(-c2ccccc2)cccc1-c1ccccc1)Cc1c(-c2ccccc2)cccc1-c1ccccc1. The van der Waals surface area contributed by atoms with Gasteiger partial charge in [0.1, 0.15) is 0 Å². The Morgan fingerprint density at radius 3 is 0.645 bits per heavy atom. The molecule has 0 aliphatic heterocycles. The zero-order chi connectivity index (χ0) is 42.1. The van der Waals surface area contributed by atoms with Crippen LogP contribution in [0.3, 0.4) is 0 Å². The van der Waals surface area contributed by atoms with Gasteiger partial charge in [-0.05, 0) is 102 Å². The minimum absolute atomic E-state index is 0.835. The second-order valence-corrected chi connectivity index (χ2v) is 23.0. The molecule has 0 bridgehead atoms. The van der Waals surface area contributed by atoms with E-state index in [0.717, 1.165) is 18.1 Å². The van der Waals surface area contributed by atoms with Crippen molar-refractivity contribution in [1.82, 2.24) is 0 Å². The Balaban J connectivity index is 1.36. The van der Waals surface area contributed by atoms with Crippen LogP contribution in [-0.4, -0.2) is 22.8 Å². The molecule has 9 aromatic rings. The van der Waals surface area contributed by atoms with Crippen molar-refractivity contribution in [3.63, 3.8) is 0 Å². The molecule has 0 amide bonds. The molecule has 0 unspecified atom stereocenters. The van der Waals surface area contributed by atoms with Gasteiger partial charge in [-0.1, -0.05) is 248 Å². The Hall–Kier alpha value is -6.31. The molecule has 0 radical (unpaired) electrons. The molecule has 0 aromatic heterocycles. The van der Waals surface area contributed by atoms with Gasteiger partial charge in [0.15, 0.2) is 8.32 Å². The van der Waals surface area contributed by atoms with Crippen LogP contribution in [0, 0.1) is 0 Å². The van der Waals surface area contributed by atoms with Crippen molar-refractivity contribution >= 4 is 22.8 Å². The largest absolute Gasteiger partial charge is 0.545 e. The highest BCUT2D eigenvalue weighted by molar-refractivity contribution is 6.79. The van der Waals surface area contributed by atoms with Crippen LogP contribution in [0.15, 0.2) is 237 Å². The van der Waals surface area contributed by atoms with Crippen molar-refractivity contribution in [2.24, 2.45) is 0 Å². The van der Waals surface area contributed by atoms with E-state index in [1.165, 1.54) is 83.5 Å². The smallest absolute Gasteiger partial charge is 0.443 e. The predicted molar refractivity (Wildman–Crippen MR) is 267 cm³/mol. The van der Waals surface area contributed by atoms with Gasteiger partial charge in [0.2, 0.25) is 0 Å². The van der Waals surface area contributed by atoms with Gasteiger partial charge in [-0.2, -0.15) is 0 Å². The average Bonchev–Trinajstić information content (AvgIpc) is 3.33. The first kappa shape index (κ1) is 41.1. The van der Waals surface area contributed by atoms with Crippen molar-refractivity contribution in [3.05, 3.63) is 253 Å². The Bertz CT molecular complexity index is 2360. The molecule has 0 aliphatic rings. The lowest BCUT2D eigenvalue weighted by Crippen LogP contribution is -2.50. The van der Waals surface area contributed by atoms with Crippen molar-refractivity contribution < 1.29 is 3.48 Å². The van der Waals surface area contributed by atoms with Crippen molar-refractivity contribution in [2.75, 3.05) is 0 Å². The first-order valence-corrected chi connectivity index (χ1v) is 27.2. The lowest BCUT2D eigenvalue weighted by Gasteiger charge is -2.38. The lowest BCUT2D eigenvalue weighted by atomic mass is 9.92. The number of hydrogen-bond donors (Lipinski definition) is 0. The highest BCUT2D eigenvalue weighted by Gasteiger charge is 2.41. The monoisotopic (exact) mass is 830 g/mol. The molecule has 62 heavy (non-hydrogen) atoms. The normalized spacial score (nSPS) is 11.3. The summed E-state index contributed by atoms with van der Waals surface area (Å²) in [5.74, 6) is 4.76. The minimum atomic E-state index is -3.00. The molecule has 0 saturated heterocycles. The van der Waals surface area contributed by atoms with Crippen molar-refractivity contribution in [1.29, 1.82) is 0 Å². The van der Waals surface area contributed by atoms with E-state index in [-0.39, 0.29) is 0 Å². The summed E-state index contributed by atoms with van der Waals surface area (Å²) < 4.78 is 8.07. The number of hydrogen-bond acceptors (Lipinski definition) is 1. The summed E-state index contributed by atoms with van der Waals surface area (Å²) in [6, 6.07) is 89.2. The fraction of sp³-hybridized carbons (Fsp3) is 0.0847. The first-order chi connectivity index (χ1) is 30.6. The topological polar surface area (TPSA) is 9.23 Å². The molecule has 3 heteroatoms. The van der Waals surface area contributed by atoms with Gasteiger partial charge < -0.3 is 3.48 Å². The molecule has 0 spiro atoms. The van der Waals surface area contributed by atoms with Gasteiger partial charge in [0.05, 0.1) is 0 Å². The van der Waals surface area contributed by atoms with E-state index < -0.39 is 22.8 Å². The molecular formula is C59H51AlOSi. The van der Waals surface area contributed by atoms with Gasteiger partial charge >= 0.3 is 14.5 Å². The summed E-state index contributed by atoms with van der Waals surface area (Å²) >= 11 is -1.69. The molecule has 0 heterocycles. The van der Waals surface area contributed by atoms with Gasteiger partial charge in [-0.25, -0.2) is 0 Å². The van der Waals surface area contributed by atoms with Gasteiger partial charge in [0, 0.05) is 0 Å². The Labute approximate surface area is 373 Å². The summed E-state index contributed by atoms with van der Waals surface area (Å²) in [5, 5.41) is 0. The number of rotatable bonds is 14. The molecule has 0 fully saturated rings. The fourth-order valence-corrected chi connectivity index (χ4v) is 17.9. The Morgan fingerprint density at radius 1 is 0.274 bits per heavy atom. The van der Waals surface area contributed by atoms with E-state index in [2.05, 4.69) is 248 Å². The van der Waals surface area contributed by atoms with Crippen LogP contribution < -0.4 is 0 Å². The standard InChI is InChI=1S/C57H45OSi.2CH3.Al/c58-59(40-55-49(43-22-7-1-8-23-43)34-19-35-50(55)44-24-9-2-10-25-44,41-56-51(45-26-11-3-12-27-45)36-20-37-52(56)46-28-13-4-14-29-46)42-57-53(47-30-15-5-16-31-47)38-21-39-54(57)48-32-17-6-18-33-48;;;/h1-39H,40-42H2;2*1H3;/q-1;;;+1. The summed E-state index contributed by atoms with van der Waals surface area (Å²) in [6.07, 6.45) is 0. The highest BCUT2D eigenvalue weighted by atomic mass is 28.4. The van der Waals surface area contributed by atoms with Crippen LogP contribution in [0.2, 0.25) is 11.6 Å². The Kier molecular flexibility index (Phi) is 12.7. The zero-order valence-corrected chi connectivity index (χ0v) is 37.8. The van der Waals surface area contributed by atoms with Crippen LogP contribution in [0.5, 0.6) is 0 Å². The van der Waals surface area contributed by atoms with Crippen LogP contribution >= 0.6 is 0 Å². The second kappa shape index (κ2) is 19.2. The molecule has 9 rings (SSSR count). The van der Waals surface area contributed by atoms with E-state index in [1.54, 1.807) is 0 Å². The van der Waals surface area contributed by atoms with Crippen LogP contribution in [0.4, 0.5) is 0 Å². The molecule has 9 aromatic carbocycles. The number of benzene rings is 9. The maximum atomic E-state index is 8.07. The van der Waals surface area contributed by atoms with Crippen molar-refractivity contribution in [2.45, 2.75) is 29.7 Å². The van der Waals surface area contributed by atoms with E-state index >= 15 is 0 Å². The van der Waals surface area contributed by atoms with Gasteiger partial charge in [-0.15, -0.1) is 0 Å². The summed E-state index contributed by atoms with van der Waals surface area (Å²) in [7, 11) is -3.00. The van der Waals surface area contributed by atoms with Crippen LogP contribution in [0.25, 0.3) is 66.8 Å². The van der Waals surface area contributed by atoms with Crippen LogP contribution in [-0.2, 0) is 21.6 Å². The van der Waals surface area contributed by atoms with Gasteiger partial charge in [-0.3, -0.25) is 0 Å². The third-order valence-electron chi connectivity index (χ3n) is 12.0. The average molecular weight is 831 g/mol. The van der Waals surface area contributed by atoms with E-state index in [1.807, 2.05) is 0 Å². The second-order valence-electron chi connectivity index (χ2n) is 16.6. The lowest BCUT2D eigenvalue weighted by molar-refractivity contribution is 0.546. The molecule has 0 atom stereocenters. The maximum absolute atomic E-state index is 8.07. The molecule has 0 aliphatic carbocycles. The zero-order valence-electron chi connectivity index (χ0n) is 35.6. The first-order valence-electron chi connectivity index (χ1n) is 21.9. The van der Waals surface area contributed by atoms with E-state index in [9.17, 15) is 0 Å². The van der Waals surface area contributed by atoms with E-state index in [0.29, 0.717) is 0 Å². The third kappa shape index (κ3) is 9.14. The summed E-state index contributed by atoms with van der Waals surface area (Å²) in [4.78, 5) is 0. The molecule has 300 valence electrons. The van der Waals surface area contributed by atoms with Gasteiger partial charge in [0.25, 0.3) is 0 Å². The fourth-order valence-electron chi connectivity index (χ4n) is 9.44. The molecular weight excluding hydrogens is 780 g/mol. The Morgan fingerprint density at radius 2 is 0.468 bits per heavy atom. The van der Waals surface area contributed by atoms with Crippen molar-refractivity contribution in [3.8, 4) is 66.8 Å². The molecule has 0 saturated carbocycles. The summed E-state index contributed by atoms with van der Waals surface area (Å²) in [6.45, 7) is 0. The summed E-state index contributed by atoms with van der Waals surface area (Å²) in [5.41, 5.74) is 19.1. The van der Waals surface area contributed by atoms with E-state index in [4.69, 9.17) is 3.48 Å². The predicted octanol–water partition coefficient (Wildman–Crippen LogP) is 15.5. The maximum Gasteiger partial charge on any atom is 0.443 e. The van der Waals surface area contributed by atoms with Crippen LogP contribution in [0.1, 0.15) is 16.7 Å². The highest BCUT2D eigenvalue weighted by Crippen LogP contribution is 2.43.